The Bertz CT molecular complexity index is 241. The van der Waals surface area contributed by atoms with Crippen LogP contribution in [0.4, 0.5) is 0 Å². The maximum atomic E-state index is 11.5. The monoisotopic (exact) mass is 184 g/mol. The van der Waals surface area contributed by atoms with E-state index in [4.69, 9.17) is 18.0 Å². The van der Waals surface area contributed by atoms with Gasteiger partial charge in [-0.3, -0.25) is 4.79 Å². The molecule has 1 heterocycles. The Hall–Kier alpha value is -0.640. The number of hydrogen-bond acceptors (Lipinski definition) is 2. The van der Waals surface area contributed by atoms with Crippen LogP contribution in [0.25, 0.3) is 0 Å². The third-order valence-electron chi connectivity index (χ3n) is 2.80. The minimum Gasteiger partial charge on any atom is -0.392 e. The highest BCUT2D eigenvalue weighted by atomic mass is 32.1. The lowest BCUT2D eigenvalue weighted by Crippen LogP contribution is -2.41. The van der Waals surface area contributed by atoms with Crippen LogP contribution in [-0.4, -0.2) is 28.4 Å². The number of amides is 1. The Kier molecular flexibility index (Phi) is 1.79. The number of thiocarbonyl (C=S) groups is 1. The molecule has 1 saturated heterocycles. The molecule has 1 amide bonds. The summed E-state index contributed by atoms with van der Waals surface area (Å²) in [6, 6.07) is 0.434. The van der Waals surface area contributed by atoms with Crippen molar-refractivity contribution in [2.45, 2.75) is 25.3 Å². The molecule has 2 aliphatic rings. The molecule has 1 saturated carbocycles. The van der Waals surface area contributed by atoms with Crippen LogP contribution in [0.2, 0.25) is 0 Å². The van der Waals surface area contributed by atoms with Crippen LogP contribution in [0.15, 0.2) is 0 Å². The van der Waals surface area contributed by atoms with Crippen LogP contribution in [0.3, 0.4) is 0 Å². The quantitative estimate of drug-likeness (QED) is 0.627. The maximum Gasteiger partial charge on any atom is 0.226 e. The number of carbonyl (C=O) groups is 1. The number of rotatable bonds is 2. The first-order valence-electron chi connectivity index (χ1n) is 4.27. The molecule has 0 aromatic carbocycles. The summed E-state index contributed by atoms with van der Waals surface area (Å²) in [4.78, 5) is 13.8. The van der Waals surface area contributed by atoms with E-state index < -0.39 is 0 Å². The molecule has 2 N–H and O–H groups in total. The lowest BCUT2D eigenvalue weighted by Gasteiger charge is -2.26. The van der Waals surface area contributed by atoms with Crippen LogP contribution in [0, 0.1) is 5.92 Å². The summed E-state index contributed by atoms with van der Waals surface area (Å²) in [6.07, 6.45) is 3.23. The van der Waals surface area contributed by atoms with Gasteiger partial charge in [-0.1, -0.05) is 12.2 Å². The fourth-order valence-electron chi connectivity index (χ4n) is 2.25. The molecule has 4 heteroatoms. The van der Waals surface area contributed by atoms with E-state index in [1.54, 1.807) is 0 Å². The lowest BCUT2D eigenvalue weighted by atomic mass is 10.1. The normalized spacial score (nSPS) is 33.0. The number of hydrogen-bond donors (Lipinski definition) is 1. The Morgan fingerprint density at radius 1 is 1.67 bits per heavy atom. The van der Waals surface area contributed by atoms with Gasteiger partial charge in [0, 0.05) is 12.0 Å². The molecule has 2 bridgehead atoms. The van der Waals surface area contributed by atoms with E-state index in [1.807, 2.05) is 4.90 Å². The fourth-order valence-corrected chi connectivity index (χ4v) is 2.39. The van der Waals surface area contributed by atoms with Gasteiger partial charge in [-0.2, -0.15) is 0 Å². The Morgan fingerprint density at radius 2 is 2.42 bits per heavy atom. The van der Waals surface area contributed by atoms with Gasteiger partial charge in [-0.25, -0.2) is 0 Å². The van der Waals surface area contributed by atoms with Crippen LogP contribution in [0.1, 0.15) is 19.3 Å². The molecule has 0 aromatic heterocycles. The summed E-state index contributed by atoms with van der Waals surface area (Å²) in [6.45, 7) is 0.481. The molecule has 2 unspecified atom stereocenters. The van der Waals surface area contributed by atoms with Crippen molar-refractivity contribution < 1.29 is 4.79 Å². The molecule has 1 aliphatic heterocycles. The molecule has 2 atom stereocenters. The van der Waals surface area contributed by atoms with Gasteiger partial charge in [0.2, 0.25) is 5.91 Å². The molecule has 2 rings (SSSR count). The Labute approximate surface area is 76.9 Å². The minimum atomic E-state index is 0.263. The molecule has 12 heavy (non-hydrogen) atoms. The van der Waals surface area contributed by atoms with Crippen molar-refractivity contribution in [1.29, 1.82) is 0 Å². The van der Waals surface area contributed by atoms with E-state index in [9.17, 15) is 4.79 Å². The predicted molar refractivity (Wildman–Crippen MR) is 49.6 cm³/mol. The second kappa shape index (κ2) is 2.69. The SMILES string of the molecule is NC(=S)CN1C(=O)C2CCC1C2. The number of nitrogens with zero attached hydrogens (tertiary/aromatic N) is 1. The zero-order valence-electron chi connectivity index (χ0n) is 6.82. The van der Waals surface area contributed by atoms with Crippen molar-refractivity contribution in [2.75, 3.05) is 6.54 Å². The summed E-state index contributed by atoms with van der Waals surface area (Å²) in [5.74, 6) is 0.545. The van der Waals surface area contributed by atoms with Gasteiger partial charge in [-0.05, 0) is 19.3 Å². The molecule has 1 aliphatic carbocycles. The molecular formula is C8H12N2OS. The zero-order chi connectivity index (χ0) is 8.72. The molecule has 0 radical (unpaired) electrons. The van der Waals surface area contributed by atoms with E-state index in [0.29, 0.717) is 17.6 Å². The van der Waals surface area contributed by atoms with Gasteiger partial charge >= 0.3 is 0 Å². The smallest absolute Gasteiger partial charge is 0.226 e. The highest BCUT2D eigenvalue weighted by molar-refractivity contribution is 7.80. The van der Waals surface area contributed by atoms with Crippen molar-refractivity contribution in [1.82, 2.24) is 4.90 Å². The maximum absolute atomic E-state index is 11.5. The van der Waals surface area contributed by atoms with Gasteiger partial charge in [0.1, 0.15) is 0 Å². The van der Waals surface area contributed by atoms with E-state index in [1.165, 1.54) is 0 Å². The molecule has 0 spiro atoms. The first kappa shape index (κ1) is 7.98. The standard InChI is InChI=1S/C8H12N2OS/c9-7(12)4-10-6-2-1-5(3-6)8(10)11/h5-6H,1-4H2,(H2,9,12). The molecule has 3 nitrogen and oxygen atoms in total. The molecular weight excluding hydrogens is 172 g/mol. The molecule has 66 valence electrons. The zero-order valence-corrected chi connectivity index (χ0v) is 7.64. The fraction of sp³-hybridized carbons (Fsp3) is 0.750. The highest BCUT2D eigenvalue weighted by Crippen LogP contribution is 2.37. The van der Waals surface area contributed by atoms with Gasteiger partial charge in [0.05, 0.1) is 11.5 Å². The largest absolute Gasteiger partial charge is 0.392 e. The number of piperidine rings is 1. The molecule has 2 fully saturated rings. The third-order valence-corrected chi connectivity index (χ3v) is 2.93. The van der Waals surface area contributed by atoms with E-state index in [0.717, 1.165) is 19.3 Å². The highest BCUT2D eigenvalue weighted by Gasteiger charge is 2.44. The van der Waals surface area contributed by atoms with Crippen molar-refractivity contribution in [3.63, 3.8) is 0 Å². The van der Waals surface area contributed by atoms with Crippen molar-refractivity contribution in [3.05, 3.63) is 0 Å². The first-order chi connectivity index (χ1) is 5.68. The van der Waals surface area contributed by atoms with Gasteiger partial charge < -0.3 is 10.6 Å². The van der Waals surface area contributed by atoms with Crippen molar-refractivity contribution in [3.8, 4) is 0 Å². The van der Waals surface area contributed by atoms with Crippen LogP contribution < -0.4 is 5.73 Å². The first-order valence-corrected chi connectivity index (χ1v) is 4.68. The minimum absolute atomic E-state index is 0.263. The van der Waals surface area contributed by atoms with E-state index in [2.05, 4.69) is 0 Å². The van der Waals surface area contributed by atoms with E-state index in [-0.39, 0.29) is 11.8 Å². The summed E-state index contributed by atoms with van der Waals surface area (Å²) < 4.78 is 0. The van der Waals surface area contributed by atoms with Crippen LogP contribution in [-0.2, 0) is 4.79 Å². The van der Waals surface area contributed by atoms with Crippen molar-refractivity contribution >= 4 is 23.1 Å². The topological polar surface area (TPSA) is 46.3 Å². The molecule has 0 aromatic rings. The summed E-state index contributed by atoms with van der Waals surface area (Å²) in [7, 11) is 0. The summed E-state index contributed by atoms with van der Waals surface area (Å²) in [5, 5.41) is 0. The summed E-state index contributed by atoms with van der Waals surface area (Å²) in [5.41, 5.74) is 5.40. The van der Waals surface area contributed by atoms with Crippen LogP contribution >= 0.6 is 12.2 Å². The average molecular weight is 184 g/mol. The third kappa shape index (κ3) is 1.10. The Morgan fingerprint density at radius 3 is 2.92 bits per heavy atom. The van der Waals surface area contributed by atoms with Gasteiger partial charge in [-0.15, -0.1) is 0 Å². The second-order valence-corrected chi connectivity index (χ2v) is 4.12. The predicted octanol–water partition coefficient (Wildman–Crippen LogP) is 0.283. The van der Waals surface area contributed by atoms with Crippen LogP contribution in [0.5, 0.6) is 0 Å². The van der Waals surface area contributed by atoms with Crippen molar-refractivity contribution in [2.24, 2.45) is 11.7 Å². The second-order valence-electron chi connectivity index (χ2n) is 3.60. The number of fused-ring (bicyclic) bond motifs is 2. The lowest BCUT2D eigenvalue weighted by molar-refractivity contribution is -0.133. The van der Waals surface area contributed by atoms with Gasteiger partial charge in [0.15, 0.2) is 0 Å². The number of likely N-dealkylation sites (tertiary alicyclic amines) is 1. The van der Waals surface area contributed by atoms with E-state index >= 15 is 0 Å². The Balaban J connectivity index is 2.07. The van der Waals surface area contributed by atoms with Gasteiger partial charge in [0.25, 0.3) is 0 Å². The number of nitrogens with two attached hydrogens (primary N) is 1. The number of carbonyl (C=O) groups excluding carboxylic acids is 1. The summed E-state index contributed by atoms with van der Waals surface area (Å²) >= 11 is 4.78. The average Bonchev–Trinajstić information content (AvgIpc) is 2.53.